The summed E-state index contributed by atoms with van der Waals surface area (Å²) in [5, 5.41) is 2.75. The van der Waals surface area contributed by atoms with Crippen LogP contribution in [0.25, 0.3) is 11.2 Å². The van der Waals surface area contributed by atoms with Crippen LogP contribution in [0.4, 0.5) is 0 Å². The number of imidazole rings is 1. The lowest BCUT2D eigenvalue weighted by Crippen LogP contribution is -2.37. The molecule has 0 unspecified atom stereocenters. The number of nitrogens with one attached hydrogen (secondary N) is 1. The Morgan fingerprint density at radius 2 is 1.68 bits per heavy atom. The van der Waals surface area contributed by atoms with E-state index in [-0.39, 0.29) is 23.7 Å². The number of fused-ring (bicyclic) bond motifs is 1. The molecule has 1 N–H and O–H groups in total. The summed E-state index contributed by atoms with van der Waals surface area (Å²) in [6, 6.07) is 0. The molecule has 2 rings (SSSR count). The molecule has 2 aromatic rings. The molecule has 0 aromatic carbocycles. The van der Waals surface area contributed by atoms with Gasteiger partial charge in [0.25, 0.3) is 5.56 Å². The van der Waals surface area contributed by atoms with Crippen LogP contribution >= 0.6 is 12.4 Å². The second kappa shape index (κ2) is 8.75. The van der Waals surface area contributed by atoms with Crippen molar-refractivity contribution in [2.24, 2.45) is 14.1 Å². The van der Waals surface area contributed by atoms with Crippen molar-refractivity contribution in [3.05, 3.63) is 26.7 Å². The van der Waals surface area contributed by atoms with Gasteiger partial charge in [0.2, 0.25) is 0 Å². The van der Waals surface area contributed by atoms with Crippen molar-refractivity contribution >= 4 is 23.6 Å². The highest BCUT2D eigenvalue weighted by Gasteiger charge is 2.16. The van der Waals surface area contributed by atoms with Gasteiger partial charge in [0.1, 0.15) is 5.82 Å². The molecule has 0 fully saturated rings. The quantitative estimate of drug-likeness (QED) is 0.903. The van der Waals surface area contributed by atoms with E-state index in [4.69, 9.17) is 0 Å². The van der Waals surface area contributed by atoms with Crippen LogP contribution in [0, 0.1) is 6.92 Å². The van der Waals surface area contributed by atoms with Gasteiger partial charge in [-0.25, -0.2) is 9.78 Å². The van der Waals surface area contributed by atoms with Crippen molar-refractivity contribution in [2.75, 3.05) is 14.1 Å². The first-order valence-electron chi connectivity index (χ1n) is 7.11. The zero-order chi connectivity index (χ0) is 16.2. The Labute approximate surface area is 136 Å². The lowest BCUT2D eigenvalue weighted by Gasteiger charge is -2.06. The van der Waals surface area contributed by atoms with Crippen LogP contribution in [0.15, 0.2) is 9.59 Å². The molecule has 2 aromatic heterocycles. The van der Waals surface area contributed by atoms with Crippen LogP contribution in [-0.4, -0.2) is 32.8 Å². The number of halogens is 1. The lowest BCUT2D eigenvalue weighted by atomic mass is 10.3. The molecule has 126 valence electrons. The van der Waals surface area contributed by atoms with Gasteiger partial charge in [0, 0.05) is 20.6 Å². The van der Waals surface area contributed by atoms with Crippen molar-refractivity contribution in [3.8, 4) is 0 Å². The Kier molecular flexibility index (Phi) is 8.11. The van der Waals surface area contributed by atoms with Crippen molar-refractivity contribution in [1.82, 2.24) is 24.0 Å². The maximum absolute atomic E-state index is 12.2. The lowest BCUT2D eigenvalue weighted by molar-refractivity contribution is 0.625. The normalized spacial score (nSPS) is 10.1. The summed E-state index contributed by atoms with van der Waals surface area (Å²) in [7, 11) is 6.89. The van der Waals surface area contributed by atoms with Crippen LogP contribution in [0.2, 0.25) is 0 Å². The van der Waals surface area contributed by atoms with E-state index < -0.39 is 0 Å². The molecule has 0 saturated carbocycles. The summed E-state index contributed by atoms with van der Waals surface area (Å²) in [6.07, 6.45) is 2.03. The average Bonchev–Trinajstić information content (AvgIpc) is 2.78. The molecule has 0 amide bonds. The van der Waals surface area contributed by atoms with E-state index in [1.54, 1.807) is 7.05 Å². The van der Waals surface area contributed by atoms with Crippen molar-refractivity contribution < 1.29 is 0 Å². The summed E-state index contributed by atoms with van der Waals surface area (Å²) in [6.45, 7) is 4.72. The smallest absolute Gasteiger partial charge is 0.323 e. The maximum Gasteiger partial charge on any atom is 0.332 e. The van der Waals surface area contributed by atoms with Crippen LogP contribution < -0.4 is 16.6 Å². The zero-order valence-electron chi connectivity index (χ0n) is 14.1. The van der Waals surface area contributed by atoms with Gasteiger partial charge in [-0.3, -0.25) is 13.9 Å². The first kappa shape index (κ1) is 20.4. The van der Waals surface area contributed by atoms with Crippen molar-refractivity contribution in [3.63, 3.8) is 0 Å². The number of rotatable bonds is 3. The highest BCUT2D eigenvalue weighted by molar-refractivity contribution is 5.85. The van der Waals surface area contributed by atoms with Gasteiger partial charge >= 0.3 is 5.69 Å². The SMILES string of the molecule is CCCCn1c(C)nc2c1c(=O)n(C)c(=O)n2C.CNC.Cl. The first-order chi connectivity index (χ1) is 9.90. The summed E-state index contributed by atoms with van der Waals surface area (Å²) in [5.74, 6) is 0.775. The second-order valence-corrected chi connectivity index (χ2v) is 5.04. The molecule has 0 aliphatic carbocycles. The van der Waals surface area contributed by atoms with E-state index in [1.165, 1.54) is 11.6 Å². The molecule has 0 aliphatic rings. The molecule has 0 bridgehead atoms. The number of nitrogens with zero attached hydrogens (tertiary/aromatic N) is 4. The van der Waals surface area contributed by atoms with Gasteiger partial charge in [-0.15, -0.1) is 12.4 Å². The summed E-state index contributed by atoms with van der Waals surface area (Å²) >= 11 is 0. The van der Waals surface area contributed by atoms with Crippen LogP contribution in [0.3, 0.4) is 0 Å². The Morgan fingerprint density at radius 3 is 2.18 bits per heavy atom. The minimum Gasteiger partial charge on any atom is -0.323 e. The van der Waals surface area contributed by atoms with Crippen molar-refractivity contribution in [1.29, 1.82) is 0 Å². The minimum atomic E-state index is -0.340. The molecule has 2 heterocycles. The molecule has 0 saturated heterocycles. The van der Waals surface area contributed by atoms with Gasteiger partial charge in [0.05, 0.1) is 0 Å². The van der Waals surface area contributed by atoms with Gasteiger partial charge in [-0.1, -0.05) is 13.3 Å². The topological polar surface area (TPSA) is 73.8 Å². The van der Waals surface area contributed by atoms with Crippen LogP contribution in [0.1, 0.15) is 25.6 Å². The molecular formula is C14H26ClN5O2. The van der Waals surface area contributed by atoms with Gasteiger partial charge in [-0.05, 0) is 27.4 Å². The zero-order valence-corrected chi connectivity index (χ0v) is 15.0. The van der Waals surface area contributed by atoms with E-state index in [2.05, 4.69) is 17.2 Å². The first-order valence-corrected chi connectivity index (χ1v) is 7.11. The summed E-state index contributed by atoms with van der Waals surface area (Å²) < 4.78 is 4.46. The highest BCUT2D eigenvalue weighted by atomic mass is 35.5. The van der Waals surface area contributed by atoms with Gasteiger partial charge < -0.3 is 9.88 Å². The minimum absolute atomic E-state index is 0. The van der Waals surface area contributed by atoms with Crippen LogP contribution in [-0.2, 0) is 20.6 Å². The van der Waals surface area contributed by atoms with Gasteiger partial charge in [0.15, 0.2) is 11.2 Å². The number of unbranched alkanes of at least 4 members (excludes halogenated alkanes) is 1. The standard InChI is InChI=1S/C12H18N4O2.C2H7N.ClH/c1-5-6-7-16-8(2)13-10-9(16)11(17)15(4)12(18)14(10)3;1-3-2;/h5-7H2,1-4H3;3H,1-2H3;1H. The third-order valence-corrected chi connectivity index (χ3v) is 3.27. The fraction of sp³-hybridized carbons (Fsp3) is 0.643. The number of aromatic nitrogens is 4. The van der Waals surface area contributed by atoms with Crippen LogP contribution in [0.5, 0.6) is 0 Å². The maximum atomic E-state index is 12.2. The third kappa shape index (κ3) is 3.78. The van der Waals surface area contributed by atoms with Crippen molar-refractivity contribution in [2.45, 2.75) is 33.2 Å². The second-order valence-electron chi connectivity index (χ2n) is 5.04. The monoisotopic (exact) mass is 331 g/mol. The fourth-order valence-corrected chi connectivity index (χ4v) is 2.15. The summed E-state index contributed by atoms with van der Waals surface area (Å²) in [4.78, 5) is 28.3. The van der Waals surface area contributed by atoms with E-state index in [9.17, 15) is 9.59 Å². The van der Waals surface area contributed by atoms with E-state index in [1.807, 2.05) is 25.6 Å². The van der Waals surface area contributed by atoms with E-state index in [0.29, 0.717) is 11.2 Å². The predicted molar refractivity (Wildman–Crippen MR) is 92.1 cm³/mol. The number of aryl methyl sites for hydroxylation is 3. The Bertz CT molecular complexity index is 729. The predicted octanol–water partition coefficient (Wildman–Crippen LogP) is 0.800. The molecule has 8 heteroatoms. The fourth-order valence-electron chi connectivity index (χ4n) is 2.15. The average molecular weight is 332 g/mol. The molecule has 0 atom stereocenters. The van der Waals surface area contributed by atoms with E-state index in [0.717, 1.165) is 29.8 Å². The number of hydrogen-bond donors (Lipinski definition) is 1. The molecule has 7 nitrogen and oxygen atoms in total. The van der Waals surface area contributed by atoms with E-state index >= 15 is 0 Å². The molecule has 0 spiro atoms. The number of hydrogen-bond acceptors (Lipinski definition) is 4. The third-order valence-electron chi connectivity index (χ3n) is 3.27. The van der Waals surface area contributed by atoms with Gasteiger partial charge in [-0.2, -0.15) is 0 Å². The molecular weight excluding hydrogens is 306 g/mol. The molecule has 0 radical (unpaired) electrons. The molecule has 22 heavy (non-hydrogen) atoms. The Hall–Kier alpha value is -1.60. The highest BCUT2D eigenvalue weighted by Crippen LogP contribution is 2.11. The summed E-state index contributed by atoms with van der Waals surface area (Å²) in [5.41, 5.74) is 0.375. The Morgan fingerprint density at radius 1 is 1.14 bits per heavy atom. The Balaban J connectivity index is 0.00000102. The largest absolute Gasteiger partial charge is 0.332 e. The molecule has 0 aliphatic heterocycles.